The lowest BCUT2D eigenvalue weighted by molar-refractivity contribution is 0.149. The maximum absolute atomic E-state index is 12.3. The molecular formula is C8H8BrF2NO. The third kappa shape index (κ3) is 2.22. The molecule has 13 heavy (non-hydrogen) atoms. The first-order valence-corrected chi connectivity index (χ1v) is 4.40. The normalized spacial score (nSPS) is 10.9. The van der Waals surface area contributed by atoms with Gasteiger partial charge in [-0.15, -0.1) is 0 Å². The van der Waals surface area contributed by atoms with Crippen LogP contribution >= 0.6 is 15.9 Å². The number of pyridine rings is 1. The largest absolute Gasteiger partial charge is 0.390 e. The van der Waals surface area contributed by atoms with Crippen LogP contribution in [-0.2, 0) is 6.61 Å². The van der Waals surface area contributed by atoms with E-state index >= 15 is 0 Å². The van der Waals surface area contributed by atoms with E-state index < -0.39 is 6.43 Å². The SMILES string of the molecule is Cc1cc(C(F)F)c(Br)nc1CO. The van der Waals surface area contributed by atoms with E-state index in [1.807, 2.05) is 0 Å². The topological polar surface area (TPSA) is 33.1 Å². The Balaban J connectivity index is 3.20. The molecule has 0 atom stereocenters. The number of aryl methyl sites for hydroxylation is 1. The van der Waals surface area contributed by atoms with Crippen LogP contribution in [0.5, 0.6) is 0 Å². The summed E-state index contributed by atoms with van der Waals surface area (Å²) in [5, 5.41) is 8.80. The quantitative estimate of drug-likeness (QED) is 0.820. The molecule has 72 valence electrons. The van der Waals surface area contributed by atoms with Crippen LogP contribution in [0.2, 0.25) is 0 Å². The van der Waals surface area contributed by atoms with Crippen LogP contribution < -0.4 is 0 Å². The smallest absolute Gasteiger partial charge is 0.266 e. The van der Waals surface area contributed by atoms with Crippen LogP contribution in [0.3, 0.4) is 0 Å². The summed E-state index contributed by atoms with van der Waals surface area (Å²) in [6.45, 7) is 1.39. The Labute approximate surface area is 82.7 Å². The van der Waals surface area contributed by atoms with E-state index in [0.29, 0.717) is 11.3 Å². The molecule has 2 nitrogen and oxygen atoms in total. The van der Waals surface area contributed by atoms with Gasteiger partial charge in [-0.05, 0) is 34.5 Å². The van der Waals surface area contributed by atoms with Crippen LogP contribution in [0.15, 0.2) is 10.7 Å². The van der Waals surface area contributed by atoms with Gasteiger partial charge >= 0.3 is 0 Å². The van der Waals surface area contributed by atoms with Crippen molar-refractivity contribution in [3.63, 3.8) is 0 Å². The Bertz CT molecular complexity index is 317. The van der Waals surface area contributed by atoms with Crippen molar-refractivity contribution in [2.75, 3.05) is 0 Å². The van der Waals surface area contributed by atoms with E-state index in [0.717, 1.165) is 0 Å². The highest BCUT2D eigenvalue weighted by molar-refractivity contribution is 9.10. The molecule has 0 saturated carbocycles. The molecule has 5 heteroatoms. The minimum absolute atomic E-state index is 0.0946. The Morgan fingerprint density at radius 3 is 2.69 bits per heavy atom. The van der Waals surface area contributed by atoms with Gasteiger partial charge in [-0.1, -0.05) is 0 Å². The molecule has 0 unspecified atom stereocenters. The molecule has 0 aliphatic heterocycles. The molecule has 1 N–H and O–H groups in total. The molecule has 0 amide bonds. The summed E-state index contributed by atoms with van der Waals surface area (Å²) in [7, 11) is 0. The summed E-state index contributed by atoms with van der Waals surface area (Å²) in [6.07, 6.45) is -2.55. The van der Waals surface area contributed by atoms with Gasteiger partial charge < -0.3 is 5.11 Å². The summed E-state index contributed by atoms with van der Waals surface area (Å²) < 4.78 is 24.7. The fraction of sp³-hybridized carbons (Fsp3) is 0.375. The summed E-state index contributed by atoms with van der Waals surface area (Å²) >= 11 is 2.92. The first-order chi connectivity index (χ1) is 6.06. The monoisotopic (exact) mass is 251 g/mol. The fourth-order valence-electron chi connectivity index (χ4n) is 0.960. The van der Waals surface area contributed by atoms with Gasteiger partial charge in [0, 0.05) is 0 Å². The zero-order chi connectivity index (χ0) is 10.0. The number of halogens is 3. The van der Waals surface area contributed by atoms with Gasteiger partial charge in [0.25, 0.3) is 6.43 Å². The van der Waals surface area contributed by atoms with Crippen molar-refractivity contribution in [1.29, 1.82) is 0 Å². The summed E-state index contributed by atoms with van der Waals surface area (Å²) in [5.74, 6) is 0. The fourth-order valence-corrected chi connectivity index (χ4v) is 1.46. The number of rotatable bonds is 2. The lowest BCUT2D eigenvalue weighted by Crippen LogP contribution is -1.98. The second kappa shape index (κ2) is 4.11. The third-order valence-corrected chi connectivity index (χ3v) is 2.32. The van der Waals surface area contributed by atoms with Crippen molar-refractivity contribution < 1.29 is 13.9 Å². The van der Waals surface area contributed by atoms with Gasteiger partial charge in [0.05, 0.1) is 17.9 Å². The number of hydrogen-bond donors (Lipinski definition) is 1. The van der Waals surface area contributed by atoms with Crippen molar-refractivity contribution >= 4 is 15.9 Å². The van der Waals surface area contributed by atoms with E-state index in [-0.39, 0.29) is 16.8 Å². The summed E-state index contributed by atoms with van der Waals surface area (Å²) in [5.41, 5.74) is 0.840. The number of nitrogens with zero attached hydrogens (tertiary/aromatic N) is 1. The summed E-state index contributed by atoms with van der Waals surface area (Å²) in [4.78, 5) is 3.80. The van der Waals surface area contributed by atoms with Gasteiger partial charge in [-0.25, -0.2) is 13.8 Å². The number of aliphatic hydroxyl groups excluding tert-OH is 1. The minimum Gasteiger partial charge on any atom is -0.390 e. The van der Waals surface area contributed by atoms with E-state index in [2.05, 4.69) is 20.9 Å². The Morgan fingerprint density at radius 2 is 2.23 bits per heavy atom. The molecule has 0 radical (unpaired) electrons. The maximum Gasteiger partial charge on any atom is 0.266 e. The standard InChI is InChI=1S/C8H8BrF2NO/c1-4-2-5(8(10)11)7(9)12-6(4)3-13/h2,8,13H,3H2,1H3. The molecule has 0 fully saturated rings. The second-order valence-electron chi connectivity index (χ2n) is 2.59. The Hall–Kier alpha value is -0.550. The Kier molecular flexibility index (Phi) is 3.33. The van der Waals surface area contributed by atoms with Crippen molar-refractivity contribution in [2.45, 2.75) is 20.0 Å². The zero-order valence-electron chi connectivity index (χ0n) is 6.89. The van der Waals surface area contributed by atoms with Gasteiger partial charge in [0.15, 0.2) is 0 Å². The molecule has 0 aliphatic carbocycles. The minimum atomic E-state index is -2.55. The molecule has 1 rings (SSSR count). The average molecular weight is 252 g/mol. The molecule has 0 spiro atoms. The molecular weight excluding hydrogens is 244 g/mol. The first-order valence-electron chi connectivity index (χ1n) is 3.61. The summed E-state index contributed by atoms with van der Waals surface area (Å²) in [6, 6.07) is 1.33. The van der Waals surface area contributed by atoms with Crippen LogP contribution in [0.1, 0.15) is 23.2 Å². The van der Waals surface area contributed by atoms with Crippen LogP contribution in [-0.4, -0.2) is 10.1 Å². The van der Waals surface area contributed by atoms with Crippen molar-refractivity contribution in [3.8, 4) is 0 Å². The molecule has 0 aromatic carbocycles. The van der Waals surface area contributed by atoms with E-state index in [1.54, 1.807) is 6.92 Å². The van der Waals surface area contributed by atoms with Gasteiger partial charge in [0.1, 0.15) is 4.60 Å². The number of hydrogen-bond acceptors (Lipinski definition) is 2. The van der Waals surface area contributed by atoms with Gasteiger partial charge in [-0.3, -0.25) is 0 Å². The van der Waals surface area contributed by atoms with Crippen LogP contribution in [0.25, 0.3) is 0 Å². The van der Waals surface area contributed by atoms with E-state index in [1.165, 1.54) is 6.07 Å². The lowest BCUT2D eigenvalue weighted by Gasteiger charge is -2.07. The predicted molar refractivity (Wildman–Crippen MR) is 47.6 cm³/mol. The van der Waals surface area contributed by atoms with Crippen LogP contribution in [0.4, 0.5) is 8.78 Å². The van der Waals surface area contributed by atoms with E-state index in [4.69, 9.17) is 5.11 Å². The average Bonchev–Trinajstić information content (AvgIpc) is 2.07. The van der Waals surface area contributed by atoms with E-state index in [9.17, 15) is 8.78 Å². The maximum atomic E-state index is 12.3. The van der Waals surface area contributed by atoms with Gasteiger partial charge in [0.2, 0.25) is 0 Å². The zero-order valence-corrected chi connectivity index (χ0v) is 8.48. The first kappa shape index (κ1) is 10.5. The molecule has 0 bridgehead atoms. The highest BCUT2D eigenvalue weighted by Crippen LogP contribution is 2.27. The molecule has 1 heterocycles. The highest BCUT2D eigenvalue weighted by atomic mass is 79.9. The predicted octanol–water partition coefficient (Wildman–Crippen LogP) is 2.58. The number of aromatic nitrogens is 1. The van der Waals surface area contributed by atoms with Gasteiger partial charge in [-0.2, -0.15) is 0 Å². The molecule has 0 saturated heterocycles. The molecule has 1 aromatic heterocycles. The van der Waals surface area contributed by atoms with Crippen molar-refractivity contribution in [1.82, 2.24) is 4.98 Å². The highest BCUT2D eigenvalue weighted by Gasteiger charge is 2.14. The second-order valence-corrected chi connectivity index (χ2v) is 3.34. The third-order valence-electron chi connectivity index (χ3n) is 1.68. The Morgan fingerprint density at radius 1 is 1.62 bits per heavy atom. The number of alkyl halides is 2. The van der Waals surface area contributed by atoms with Crippen molar-refractivity contribution in [2.24, 2.45) is 0 Å². The molecule has 1 aromatic rings. The lowest BCUT2D eigenvalue weighted by atomic mass is 10.1. The molecule has 0 aliphatic rings. The number of aliphatic hydroxyl groups is 1. The van der Waals surface area contributed by atoms with Crippen molar-refractivity contribution in [3.05, 3.63) is 27.5 Å². The van der Waals surface area contributed by atoms with Crippen LogP contribution in [0, 0.1) is 6.92 Å².